The summed E-state index contributed by atoms with van der Waals surface area (Å²) in [5, 5.41) is 3.86. The van der Waals surface area contributed by atoms with Gasteiger partial charge in [0.1, 0.15) is 15.7 Å². The average Bonchev–Trinajstić information content (AvgIpc) is 3.14. The molecule has 2 heterocycles. The molecule has 0 bridgehead atoms. The number of rotatable bonds is 7. The van der Waals surface area contributed by atoms with E-state index in [-0.39, 0.29) is 34.6 Å². The molecule has 0 aromatic carbocycles. The van der Waals surface area contributed by atoms with E-state index in [9.17, 15) is 14.1 Å². The Morgan fingerprint density at radius 1 is 1.39 bits per heavy atom. The number of aliphatic imine (C=N–C) groups is 1. The van der Waals surface area contributed by atoms with E-state index in [1.54, 1.807) is 21.0 Å². The van der Waals surface area contributed by atoms with Gasteiger partial charge in [-0.15, -0.1) is 0 Å². The lowest BCUT2D eigenvalue weighted by molar-refractivity contribution is -0.116. The number of nitrogens with one attached hydrogen (secondary N) is 1. The Hall–Kier alpha value is -2.04. The topological polar surface area (TPSA) is 93.1 Å². The number of allylic oxidation sites excluding steroid dienone is 1. The van der Waals surface area contributed by atoms with Crippen molar-refractivity contribution in [2.24, 2.45) is 10.9 Å². The van der Waals surface area contributed by atoms with Gasteiger partial charge in [-0.05, 0) is 38.7 Å². The lowest BCUT2D eigenvalue weighted by Gasteiger charge is -2.37. The first-order chi connectivity index (χ1) is 14.6. The van der Waals surface area contributed by atoms with Crippen LogP contribution < -0.4 is 10.2 Å². The maximum Gasteiger partial charge on any atom is 0.391 e. The molecule has 0 aliphatic carbocycles. The van der Waals surface area contributed by atoms with Crippen molar-refractivity contribution in [3.63, 3.8) is 0 Å². The highest BCUT2D eigenvalue weighted by Crippen LogP contribution is 2.29. The molecule has 2 rings (SSSR count). The van der Waals surface area contributed by atoms with E-state index in [1.807, 2.05) is 25.7 Å². The summed E-state index contributed by atoms with van der Waals surface area (Å²) in [6.07, 6.45) is 0.280. The highest BCUT2D eigenvalue weighted by atomic mass is 35.5. The van der Waals surface area contributed by atoms with Crippen molar-refractivity contribution in [1.82, 2.24) is 10.3 Å². The molecular weight excluding hydrogens is 447 g/mol. The molecule has 8 nitrogen and oxygen atoms in total. The second-order valence-electron chi connectivity index (χ2n) is 7.69. The Kier molecular flexibility index (Phi) is 8.96. The van der Waals surface area contributed by atoms with Crippen molar-refractivity contribution < 1.29 is 23.8 Å². The van der Waals surface area contributed by atoms with Crippen molar-refractivity contribution in [1.29, 1.82) is 0 Å². The molecule has 172 valence electrons. The summed E-state index contributed by atoms with van der Waals surface area (Å²) in [4.78, 5) is 38.1. The summed E-state index contributed by atoms with van der Waals surface area (Å²) >= 11 is 7.28. The van der Waals surface area contributed by atoms with Crippen LogP contribution >= 0.6 is 22.9 Å². The molecule has 2 atom stereocenters. The van der Waals surface area contributed by atoms with Crippen molar-refractivity contribution >= 4 is 45.7 Å². The smallest absolute Gasteiger partial charge is 0.377 e. The van der Waals surface area contributed by atoms with Crippen LogP contribution in [0.4, 0.5) is 9.66 Å². The van der Waals surface area contributed by atoms with Gasteiger partial charge in [0.15, 0.2) is 5.13 Å². The normalized spacial score (nSPS) is 20.5. The Balaban J connectivity index is 2.07. The van der Waals surface area contributed by atoms with E-state index in [2.05, 4.69) is 20.2 Å². The van der Waals surface area contributed by atoms with E-state index in [0.29, 0.717) is 35.5 Å². The minimum Gasteiger partial charge on any atom is -0.377 e. The van der Waals surface area contributed by atoms with Gasteiger partial charge in [-0.2, -0.15) is 0 Å². The van der Waals surface area contributed by atoms with Crippen molar-refractivity contribution in [2.45, 2.75) is 53.2 Å². The van der Waals surface area contributed by atoms with Gasteiger partial charge in [0, 0.05) is 24.7 Å². The van der Waals surface area contributed by atoms with E-state index in [0.717, 1.165) is 16.9 Å². The molecule has 1 saturated heterocycles. The molecule has 1 amide bonds. The largest absolute Gasteiger partial charge is 0.391 e. The zero-order chi connectivity index (χ0) is 23.3. The molecule has 0 radical (unpaired) electrons. The van der Waals surface area contributed by atoms with Crippen molar-refractivity contribution in [2.75, 3.05) is 25.1 Å². The molecule has 1 aliphatic rings. The third-order valence-electron chi connectivity index (χ3n) is 5.28. The molecule has 0 saturated carbocycles. The molecule has 11 heteroatoms. The Labute approximate surface area is 190 Å². The number of methoxy groups -OCH3 is 1. The lowest BCUT2D eigenvalue weighted by Crippen LogP contribution is -2.55. The van der Waals surface area contributed by atoms with Gasteiger partial charge >= 0.3 is 5.97 Å². The molecule has 1 aliphatic heterocycles. The number of thiazole rings is 1. The fourth-order valence-corrected chi connectivity index (χ4v) is 4.35. The predicted molar refractivity (Wildman–Crippen MR) is 119 cm³/mol. The summed E-state index contributed by atoms with van der Waals surface area (Å²) in [5.41, 5.74) is 1.58. The molecule has 0 spiro atoms. The van der Waals surface area contributed by atoms with E-state index in [1.165, 1.54) is 0 Å². The number of halogens is 2. The van der Waals surface area contributed by atoms with Crippen LogP contribution in [-0.2, 0) is 14.5 Å². The van der Waals surface area contributed by atoms with Gasteiger partial charge in [-0.1, -0.05) is 36.8 Å². The second-order valence-corrected chi connectivity index (χ2v) is 9.03. The highest BCUT2D eigenvalue weighted by molar-refractivity contribution is 7.17. The van der Waals surface area contributed by atoms with Crippen LogP contribution in [0.1, 0.15) is 49.5 Å². The first kappa shape index (κ1) is 25.2. The SMILES string of the molecule is CO[C@H]1CN(c2nc(C)c(C(=O)OF)s2)CC[C@H]1NC(=O)/C(C)=N/C(Cl)=C(\C)C(C)C. The average molecular weight is 475 g/mol. The molecule has 1 aromatic rings. The number of hydrogen-bond donors (Lipinski definition) is 1. The molecule has 1 N–H and O–H groups in total. The van der Waals surface area contributed by atoms with Crippen molar-refractivity contribution in [3.05, 3.63) is 21.3 Å². The number of aryl methyl sites for hydroxylation is 1. The Morgan fingerprint density at radius 2 is 2.06 bits per heavy atom. The number of anilines is 1. The van der Waals surface area contributed by atoms with Crippen molar-refractivity contribution in [3.8, 4) is 0 Å². The summed E-state index contributed by atoms with van der Waals surface area (Å²) in [6, 6.07) is -0.232. The number of nitrogens with zero attached hydrogens (tertiary/aromatic N) is 3. The first-order valence-electron chi connectivity index (χ1n) is 9.89. The summed E-state index contributed by atoms with van der Waals surface area (Å²) in [5.74, 6) is -1.13. The number of ether oxygens (including phenoxy) is 1. The van der Waals surface area contributed by atoms with Gasteiger partial charge in [-0.25, -0.2) is 19.7 Å². The van der Waals surface area contributed by atoms with E-state index >= 15 is 0 Å². The second kappa shape index (κ2) is 11.0. The summed E-state index contributed by atoms with van der Waals surface area (Å²) in [6.45, 7) is 10.2. The zero-order valence-corrected chi connectivity index (χ0v) is 20.1. The van der Waals surface area contributed by atoms with Crippen LogP contribution in [0.2, 0.25) is 0 Å². The zero-order valence-electron chi connectivity index (χ0n) is 18.5. The van der Waals surface area contributed by atoms with E-state index < -0.39 is 5.97 Å². The van der Waals surface area contributed by atoms with Gasteiger partial charge in [0.25, 0.3) is 5.91 Å². The van der Waals surface area contributed by atoms with E-state index in [4.69, 9.17) is 16.3 Å². The summed E-state index contributed by atoms with van der Waals surface area (Å²) < 4.78 is 17.8. The number of carbonyl (C=O) groups is 2. The quantitative estimate of drug-likeness (QED) is 0.477. The standard InChI is InChI=1S/C20H28ClFN4O4S/c1-10(2)11(3)17(21)23-13(5)18(27)25-14-7-8-26(9-15(14)29-6)20-24-12(4)16(31-20)19(28)30-22/h10,14-15H,7-9H2,1-6H3,(H,25,27)/b17-11+,23-13+/t14-,15+/m1/s1. The predicted octanol–water partition coefficient (Wildman–Crippen LogP) is 3.79. The lowest BCUT2D eigenvalue weighted by atomic mass is 10.0. The minimum atomic E-state index is -1.05. The van der Waals surface area contributed by atoms with Gasteiger partial charge in [-0.3, -0.25) is 4.79 Å². The minimum absolute atomic E-state index is 0.121. The fraction of sp³-hybridized carbons (Fsp3) is 0.600. The van der Waals surface area contributed by atoms with Crippen LogP contribution in [0.3, 0.4) is 0 Å². The van der Waals surface area contributed by atoms with Crippen LogP contribution in [0, 0.1) is 12.8 Å². The number of hydrogen-bond acceptors (Lipinski definition) is 8. The fourth-order valence-electron chi connectivity index (χ4n) is 3.03. The first-order valence-corrected chi connectivity index (χ1v) is 11.1. The Morgan fingerprint density at radius 3 is 2.65 bits per heavy atom. The molecule has 31 heavy (non-hydrogen) atoms. The monoisotopic (exact) mass is 474 g/mol. The summed E-state index contributed by atoms with van der Waals surface area (Å²) in [7, 11) is 1.57. The van der Waals surface area contributed by atoms with Gasteiger partial charge in [0.2, 0.25) is 0 Å². The van der Waals surface area contributed by atoms with Gasteiger partial charge in [0.05, 0.1) is 17.8 Å². The molecule has 0 unspecified atom stereocenters. The Bertz CT molecular complexity index is 887. The molecule has 1 fully saturated rings. The van der Waals surface area contributed by atoms with Crippen LogP contribution in [-0.4, -0.2) is 54.9 Å². The maximum atomic E-state index is 12.6. The molecule has 1 aromatic heterocycles. The van der Waals surface area contributed by atoms with Gasteiger partial charge < -0.3 is 15.0 Å². The number of carbonyl (C=O) groups excluding carboxylic acids is 2. The maximum absolute atomic E-state index is 12.6. The number of piperidine rings is 1. The number of amides is 1. The third-order valence-corrected chi connectivity index (χ3v) is 6.86. The number of aromatic nitrogens is 1. The van der Waals surface area contributed by atoms with Crippen LogP contribution in [0.15, 0.2) is 15.7 Å². The van der Waals surface area contributed by atoms with Crippen LogP contribution in [0.5, 0.6) is 0 Å². The highest BCUT2D eigenvalue weighted by Gasteiger charge is 2.33. The third kappa shape index (κ3) is 6.24. The molecular formula is C20H28ClFN4O4S. The van der Waals surface area contributed by atoms with Crippen LogP contribution in [0.25, 0.3) is 0 Å².